The molecule has 0 saturated carbocycles. The summed E-state index contributed by atoms with van der Waals surface area (Å²) in [4.78, 5) is 26.6. The van der Waals surface area contributed by atoms with E-state index in [1.807, 2.05) is 0 Å². The third kappa shape index (κ3) is 2.37. The van der Waals surface area contributed by atoms with Gasteiger partial charge in [0.25, 0.3) is 11.8 Å². The van der Waals surface area contributed by atoms with Crippen LogP contribution in [0.5, 0.6) is 0 Å². The molecule has 2 aromatic heterocycles. The highest BCUT2D eigenvalue weighted by atomic mass is 16.2. The highest BCUT2D eigenvalue weighted by molar-refractivity contribution is 6.04. The minimum atomic E-state index is -0.820. The number of hydrogen-bond donors (Lipinski definition) is 3. The van der Waals surface area contributed by atoms with Gasteiger partial charge in [0.1, 0.15) is 5.69 Å². The van der Waals surface area contributed by atoms with Crippen molar-refractivity contribution in [2.75, 3.05) is 5.73 Å². The van der Waals surface area contributed by atoms with E-state index in [0.717, 1.165) is 0 Å². The average molecular weight is 260 g/mol. The smallest absolute Gasteiger partial charge is 0.271 e. The standard InChI is InChI=1S/C11H12N6O2/c12-7-8(10(13)18)16-17(9(7)11(14)19)5-6-3-1-2-4-15-6/h1-4H,5,12H2,(H2,13,18)(H2,14,19). The van der Waals surface area contributed by atoms with Crippen LogP contribution in [0.15, 0.2) is 24.4 Å². The summed E-state index contributed by atoms with van der Waals surface area (Å²) < 4.78 is 1.22. The first kappa shape index (κ1) is 12.6. The monoisotopic (exact) mass is 260 g/mol. The fourth-order valence-corrected chi connectivity index (χ4v) is 1.68. The number of carbonyl (C=O) groups excluding carboxylic acids is 2. The van der Waals surface area contributed by atoms with Gasteiger partial charge in [-0.3, -0.25) is 19.3 Å². The zero-order valence-corrected chi connectivity index (χ0v) is 9.91. The first-order valence-electron chi connectivity index (χ1n) is 5.36. The molecule has 0 radical (unpaired) electrons. The van der Waals surface area contributed by atoms with Gasteiger partial charge in [-0.05, 0) is 12.1 Å². The molecule has 0 aromatic carbocycles. The van der Waals surface area contributed by atoms with Gasteiger partial charge in [0.05, 0.1) is 17.9 Å². The SMILES string of the molecule is NC(=O)c1nn(Cc2ccccn2)c(C(N)=O)c1N. The number of nitrogens with two attached hydrogens (primary N) is 3. The van der Waals surface area contributed by atoms with Gasteiger partial charge < -0.3 is 17.2 Å². The van der Waals surface area contributed by atoms with E-state index in [2.05, 4.69) is 10.1 Å². The van der Waals surface area contributed by atoms with E-state index < -0.39 is 11.8 Å². The Morgan fingerprint density at radius 2 is 1.95 bits per heavy atom. The van der Waals surface area contributed by atoms with E-state index in [4.69, 9.17) is 17.2 Å². The van der Waals surface area contributed by atoms with Crippen molar-refractivity contribution in [2.45, 2.75) is 6.54 Å². The second kappa shape index (κ2) is 4.77. The second-order valence-corrected chi connectivity index (χ2v) is 3.82. The maximum atomic E-state index is 11.4. The summed E-state index contributed by atoms with van der Waals surface area (Å²) in [5, 5.41) is 3.90. The van der Waals surface area contributed by atoms with Crippen molar-refractivity contribution < 1.29 is 9.59 Å². The van der Waals surface area contributed by atoms with Gasteiger partial charge in [0, 0.05) is 6.20 Å². The fraction of sp³-hybridized carbons (Fsp3) is 0.0909. The molecule has 0 aliphatic carbocycles. The number of primary amides is 2. The Kier molecular flexibility index (Phi) is 3.15. The quantitative estimate of drug-likeness (QED) is 0.653. The van der Waals surface area contributed by atoms with Gasteiger partial charge in [0.15, 0.2) is 5.69 Å². The summed E-state index contributed by atoms with van der Waals surface area (Å²) in [6.45, 7) is 0.163. The van der Waals surface area contributed by atoms with Crippen molar-refractivity contribution in [1.29, 1.82) is 0 Å². The molecule has 0 aliphatic rings. The molecule has 98 valence electrons. The highest BCUT2D eigenvalue weighted by Gasteiger charge is 2.22. The van der Waals surface area contributed by atoms with E-state index >= 15 is 0 Å². The molecule has 2 aromatic rings. The van der Waals surface area contributed by atoms with E-state index in [1.165, 1.54) is 4.68 Å². The Bertz CT molecular complexity index is 634. The van der Waals surface area contributed by atoms with Crippen molar-refractivity contribution >= 4 is 17.5 Å². The minimum Gasteiger partial charge on any atom is -0.395 e. The van der Waals surface area contributed by atoms with Crippen molar-refractivity contribution in [3.63, 3.8) is 0 Å². The number of carbonyl (C=O) groups is 2. The van der Waals surface area contributed by atoms with Gasteiger partial charge in [-0.2, -0.15) is 5.10 Å². The number of nitrogens with zero attached hydrogens (tertiary/aromatic N) is 3. The molecular weight excluding hydrogens is 248 g/mol. The number of rotatable bonds is 4. The number of hydrogen-bond acceptors (Lipinski definition) is 5. The summed E-state index contributed by atoms with van der Waals surface area (Å²) in [7, 11) is 0. The van der Waals surface area contributed by atoms with Crippen LogP contribution in [0, 0.1) is 0 Å². The molecule has 2 heterocycles. The van der Waals surface area contributed by atoms with E-state index in [9.17, 15) is 9.59 Å². The molecule has 8 heteroatoms. The molecule has 2 rings (SSSR count). The Morgan fingerprint density at radius 1 is 1.21 bits per heavy atom. The predicted molar refractivity (Wildman–Crippen MR) is 67.0 cm³/mol. The summed E-state index contributed by atoms with van der Waals surface area (Å²) in [5.74, 6) is -1.60. The number of aromatic nitrogens is 3. The third-order valence-electron chi connectivity index (χ3n) is 2.49. The van der Waals surface area contributed by atoms with Crippen LogP contribution in [0.3, 0.4) is 0 Å². The van der Waals surface area contributed by atoms with Gasteiger partial charge in [-0.15, -0.1) is 0 Å². The maximum absolute atomic E-state index is 11.4. The van der Waals surface area contributed by atoms with Gasteiger partial charge >= 0.3 is 0 Å². The highest BCUT2D eigenvalue weighted by Crippen LogP contribution is 2.17. The second-order valence-electron chi connectivity index (χ2n) is 3.82. The summed E-state index contributed by atoms with van der Waals surface area (Å²) in [6, 6.07) is 5.28. The van der Waals surface area contributed by atoms with Crippen LogP contribution in [0.2, 0.25) is 0 Å². The summed E-state index contributed by atoms with van der Waals surface area (Å²) >= 11 is 0. The van der Waals surface area contributed by atoms with Crippen LogP contribution >= 0.6 is 0 Å². The molecule has 19 heavy (non-hydrogen) atoms. The molecule has 0 saturated heterocycles. The maximum Gasteiger partial charge on any atom is 0.271 e. The van der Waals surface area contributed by atoms with E-state index in [0.29, 0.717) is 5.69 Å². The van der Waals surface area contributed by atoms with Crippen LogP contribution < -0.4 is 17.2 Å². The lowest BCUT2D eigenvalue weighted by atomic mass is 10.2. The molecular formula is C11H12N6O2. The number of anilines is 1. The molecule has 0 aliphatic heterocycles. The molecule has 0 atom stereocenters. The normalized spacial score (nSPS) is 10.3. The van der Waals surface area contributed by atoms with Crippen LogP contribution in [-0.2, 0) is 6.54 Å². The van der Waals surface area contributed by atoms with Gasteiger partial charge in [0.2, 0.25) is 0 Å². The Balaban J connectivity index is 2.48. The number of pyridine rings is 1. The number of nitrogen functional groups attached to an aromatic ring is 1. The van der Waals surface area contributed by atoms with Gasteiger partial charge in [-0.25, -0.2) is 0 Å². The summed E-state index contributed by atoms with van der Waals surface area (Å²) in [6.07, 6.45) is 1.60. The first-order chi connectivity index (χ1) is 9.00. The summed E-state index contributed by atoms with van der Waals surface area (Å²) in [5.41, 5.74) is 16.3. The largest absolute Gasteiger partial charge is 0.395 e. The molecule has 0 unspecified atom stereocenters. The Hall–Kier alpha value is -2.90. The van der Waals surface area contributed by atoms with Crippen molar-refractivity contribution in [1.82, 2.24) is 14.8 Å². The molecule has 2 amide bonds. The Morgan fingerprint density at radius 3 is 2.47 bits per heavy atom. The lowest BCUT2D eigenvalue weighted by molar-refractivity contribution is 0.0984. The van der Waals surface area contributed by atoms with Crippen LogP contribution in [0.25, 0.3) is 0 Å². The average Bonchev–Trinajstić information content (AvgIpc) is 2.67. The van der Waals surface area contributed by atoms with Crippen LogP contribution in [0.1, 0.15) is 26.7 Å². The zero-order chi connectivity index (χ0) is 14.0. The molecule has 0 fully saturated rings. The topological polar surface area (TPSA) is 143 Å². The van der Waals surface area contributed by atoms with Crippen LogP contribution in [-0.4, -0.2) is 26.6 Å². The molecule has 0 bridgehead atoms. The van der Waals surface area contributed by atoms with Crippen molar-refractivity contribution in [2.24, 2.45) is 11.5 Å². The molecule has 6 N–H and O–H groups in total. The first-order valence-corrected chi connectivity index (χ1v) is 5.36. The predicted octanol–water partition coefficient (Wildman–Crippen LogP) is -0.894. The number of amides is 2. The molecule has 0 spiro atoms. The third-order valence-corrected chi connectivity index (χ3v) is 2.49. The lowest BCUT2D eigenvalue weighted by Crippen LogP contribution is -2.19. The van der Waals surface area contributed by atoms with Crippen molar-refractivity contribution in [3.05, 3.63) is 41.5 Å². The minimum absolute atomic E-state index is 0.0561. The van der Waals surface area contributed by atoms with E-state index in [1.54, 1.807) is 24.4 Å². The Labute approximate surface area is 108 Å². The molecule has 8 nitrogen and oxygen atoms in total. The van der Waals surface area contributed by atoms with Crippen LogP contribution in [0.4, 0.5) is 5.69 Å². The van der Waals surface area contributed by atoms with Gasteiger partial charge in [-0.1, -0.05) is 6.07 Å². The fourth-order valence-electron chi connectivity index (χ4n) is 1.68. The van der Waals surface area contributed by atoms with E-state index in [-0.39, 0.29) is 23.6 Å². The van der Waals surface area contributed by atoms with Crippen molar-refractivity contribution in [3.8, 4) is 0 Å². The zero-order valence-electron chi connectivity index (χ0n) is 9.91. The lowest BCUT2D eigenvalue weighted by Gasteiger charge is -2.04.